The van der Waals surface area contributed by atoms with Gasteiger partial charge in [-0.1, -0.05) is 17.7 Å². The molecule has 1 unspecified atom stereocenters. The van der Waals surface area contributed by atoms with Crippen molar-refractivity contribution < 1.29 is 2.74 Å². The summed E-state index contributed by atoms with van der Waals surface area (Å²) in [5.41, 5.74) is -1.31. The zero-order chi connectivity index (χ0) is 6.91. The van der Waals surface area contributed by atoms with Gasteiger partial charge in [-0.3, -0.25) is 0 Å². The van der Waals surface area contributed by atoms with Crippen molar-refractivity contribution in [2.75, 3.05) is 0 Å². The summed E-state index contributed by atoms with van der Waals surface area (Å²) < 4.78 is 14.2. The van der Waals surface area contributed by atoms with E-state index in [9.17, 15) is 0 Å². The Kier molecular flexibility index (Phi) is 0.805. The van der Waals surface area contributed by atoms with Crippen LogP contribution in [0.2, 0.25) is 0 Å². The Morgan fingerprint density at radius 3 is 3.29 bits per heavy atom. The fourth-order valence-electron chi connectivity index (χ4n) is 0.332. The highest BCUT2D eigenvalue weighted by molar-refractivity contribution is 6.21. The fourth-order valence-corrected chi connectivity index (χ4v) is 0.458. The van der Waals surface area contributed by atoms with E-state index in [1.165, 1.54) is 18.4 Å². The SMILES string of the molecule is [2H]C1=CC([2H])(Cl)NC=C1. The second-order valence-corrected chi connectivity index (χ2v) is 1.54. The summed E-state index contributed by atoms with van der Waals surface area (Å²) in [6, 6.07) is 0.263. The Hall–Kier alpha value is -0.430. The molecule has 0 radical (unpaired) electrons. The van der Waals surface area contributed by atoms with Crippen LogP contribution in [0, 0.1) is 0 Å². The van der Waals surface area contributed by atoms with Crippen LogP contribution in [0.25, 0.3) is 0 Å². The average molecular weight is 118 g/mol. The van der Waals surface area contributed by atoms with Crippen LogP contribution >= 0.6 is 11.6 Å². The number of dihydropyridines is 1. The van der Waals surface area contributed by atoms with Crippen molar-refractivity contribution in [2.24, 2.45) is 0 Å². The highest BCUT2D eigenvalue weighted by Gasteiger charge is 1.93. The van der Waals surface area contributed by atoms with Crippen LogP contribution in [-0.4, -0.2) is 5.48 Å². The smallest absolute Gasteiger partial charge is 0.120 e. The molecule has 1 rings (SSSR count). The molecule has 0 aromatic rings. The van der Waals surface area contributed by atoms with E-state index in [-0.39, 0.29) is 6.05 Å². The third-order valence-corrected chi connectivity index (χ3v) is 0.829. The van der Waals surface area contributed by atoms with Crippen molar-refractivity contribution in [3.63, 3.8) is 0 Å². The Morgan fingerprint density at radius 1 is 2.00 bits per heavy atom. The molecule has 1 N–H and O–H groups in total. The van der Waals surface area contributed by atoms with Gasteiger partial charge in [0, 0.05) is 0 Å². The van der Waals surface area contributed by atoms with Gasteiger partial charge in [0.05, 0.1) is 2.74 Å². The van der Waals surface area contributed by atoms with Crippen LogP contribution < -0.4 is 5.32 Å². The van der Waals surface area contributed by atoms with Gasteiger partial charge in [0.15, 0.2) is 0 Å². The largest absolute Gasteiger partial charge is 0.372 e. The second-order valence-electron chi connectivity index (χ2n) is 1.14. The zero-order valence-electron chi connectivity index (χ0n) is 5.61. The summed E-state index contributed by atoms with van der Waals surface area (Å²) in [4.78, 5) is 0. The van der Waals surface area contributed by atoms with E-state index >= 15 is 0 Å². The van der Waals surface area contributed by atoms with Crippen LogP contribution in [0.1, 0.15) is 2.74 Å². The number of hydrogen-bond acceptors (Lipinski definition) is 1. The molecule has 0 saturated carbocycles. The molecule has 1 atom stereocenters. The van der Waals surface area contributed by atoms with Gasteiger partial charge in [0.2, 0.25) is 0 Å². The molecule has 0 aromatic carbocycles. The summed E-state index contributed by atoms with van der Waals surface area (Å²) in [5.74, 6) is 0. The van der Waals surface area contributed by atoms with E-state index < -0.39 is 5.48 Å². The lowest BCUT2D eigenvalue weighted by atomic mass is 10.4. The van der Waals surface area contributed by atoms with E-state index in [0.29, 0.717) is 0 Å². The Labute approximate surface area is 50.5 Å². The van der Waals surface area contributed by atoms with Crippen molar-refractivity contribution in [3.05, 3.63) is 24.4 Å². The minimum absolute atomic E-state index is 0.263. The van der Waals surface area contributed by atoms with Crippen molar-refractivity contribution >= 4 is 11.6 Å². The average Bonchev–Trinajstić information content (AvgIpc) is 1.60. The molecule has 0 bridgehead atoms. The lowest BCUT2D eigenvalue weighted by molar-refractivity contribution is 0.902. The summed E-state index contributed by atoms with van der Waals surface area (Å²) in [6.07, 6.45) is 4.34. The van der Waals surface area contributed by atoms with Crippen molar-refractivity contribution in [1.29, 1.82) is 0 Å². The minimum Gasteiger partial charge on any atom is -0.372 e. The van der Waals surface area contributed by atoms with Crippen molar-refractivity contribution in [1.82, 2.24) is 5.32 Å². The quantitative estimate of drug-likeness (QED) is 0.372. The first-order valence-electron chi connectivity index (χ1n) is 2.93. The van der Waals surface area contributed by atoms with Gasteiger partial charge < -0.3 is 5.32 Å². The number of allylic oxidation sites excluding steroid dienone is 2. The summed E-state index contributed by atoms with van der Waals surface area (Å²) in [7, 11) is 0. The maximum Gasteiger partial charge on any atom is 0.120 e. The summed E-state index contributed by atoms with van der Waals surface area (Å²) in [5, 5.41) is 2.54. The van der Waals surface area contributed by atoms with E-state index in [4.69, 9.17) is 14.3 Å². The molecule has 38 valence electrons. The van der Waals surface area contributed by atoms with Crippen molar-refractivity contribution in [3.8, 4) is 0 Å². The lowest BCUT2D eigenvalue weighted by Gasteiger charge is -2.04. The maximum atomic E-state index is 7.16. The molecule has 0 aliphatic carbocycles. The van der Waals surface area contributed by atoms with E-state index in [1.807, 2.05) is 0 Å². The maximum absolute atomic E-state index is 7.16. The van der Waals surface area contributed by atoms with Gasteiger partial charge in [-0.15, -0.1) is 0 Å². The first-order chi connectivity index (χ1) is 4.10. The van der Waals surface area contributed by atoms with Crippen LogP contribution in [0.5, 0.6) is 0 Å². The molecule has 0 spiro atoms. The fraction of sp³-hybridized carbons (Fsp3) is 0.200. The topological polar surface area (TPSA) is 12.0 Å². The molecule has 2 heteroatoms. The number of rotatable bonds is 0. The third-order valence-electron chi connectivity index (χ3n) is 0.611. The molecule has 1 heterocycles. The molecule has 1 aliphatic rings. The molecule has 0 fully saturated rings. The van der Waals surface area contributed by atoms with E-state index in [1.54, 1.807) is 0 Å². The molecule has 0 amide bonds. The van der Waals surface area contributed by atoms with E-state index in [2.05, 4.69) is 5.32 Å². The first kappa shape index (κ1) is 2.78. The summed E-state index contributed by atoms with van der Waals surface area (Å²) >= 11 is 5.47. The van der Waals surface area contributed by atoms with Crippen LogP contribution in [0.4, 0.5) is 0 Å². The van der Waals surface area contributed by atoms with E-state index in [0.717, 1.165) is 0 Å². The van der Waals surface area contributed by atoms with Gasteiger partial charge in [0.1, 0.15) is 5.48 Å². The Morgan fingerprint density at radius 2 is 2.86 bits per heavy atom. The Balaban J connectivity index is 2.78. The predicted molar refractivity (Wildman–Crippen MR) is 31.1 cm³/mol. The number of halogens is 1. The first-order valence-corrected chi connectivity index (χ1v) is 2.30. The third kappa shape index (κ3) is 1.24. The van der Waals surface area contributed by atoms with Crippen LogP contribution in [0.3, 0.4) is 0 Å². The van der Waals surface area contributed by atoms with Gasteiger partial charge in [-0.25, -0.2) is 0 Å². The molecule has 1 aliphatic heterocycles. The second kappa shape index (κ2) is 2.03. The molecule has 0 aromatic heterocycles. The standard InChI is InChI=1S/C5H6ClN/c6-5-3-1-2-4-7-5/h1-5,7H/i1D,5D. The van der Waals surface area contributed by atoms with Crippen LogP contribution in [-0.2, 0) is 0 Å². The summed E-state index contributed by atoms with van der Waals surface area (Å²) in [6.45, 7) is 0. The van der Waals surface area contributed by atoms with Gasteiger partial charge >= 0.3 is 0 Å². The Bertz CT molecular complexity index is 174. The predicted octanol–water partition coefficient (Wildman–Crippen LogP) is 1.22. The monoisotopic (exact) mass is 117 g/mol. The minimum atomic E-state index is -1.31. The normalized spacial score (nSPS) is 43.3. The number of alkyl halides is 1. The number of hydrogen-bond donors (Lipinski definition) is 1. The lowest BCUT2D eigenvalue weighted by Crippen LogP contribution is -2.15. The van der Waals surface area contributed by atoms with Gasteiger partial charge in [-0.2, -0.15) is 0 Å². The van der Waals surface area contributed by atoms with Gasteiger partial charge in [0.25, 0.3) is 0 Å². The highest BCUT2D eigenvalue weighted by Crippen LogP contribution is 1.96. The highest BCUT2D eigenvalue weighted by atomic mass is 35.5. The molecular weight excluding hydrogens is 110 g/mol. The van der Waals surface area contributed by atoms with Gasteiger partial charge in [-0.05, 0) is 18.4 Å². The molecular formula is C5H6ClN. The number of nitrogens with one attached hydrogen (secondary N) is 1. The molecule has 0 saturated heterocycles. The molecule has 1 nitrogen and oxygen atoms in total. The van der Waals surface area contributed by atoms with Crippen molar-refractivity contribution in [2.45, 2.75) is 5.48 Å². The molecule has 7 heavy (non-hydrogen) atoms. The zero-order valence-corrected chi connectivity index (χ0v) is 4.37. The van der Waals surface area contributed by atoms with Crippen LogP contribution in [0.15, 0.2) is 24.4 Å².